The van der Waals surface area contributed by atoms with Gasteiger partial charge in [0.1, 0.15) is 19.0 Å². The maximum absolute atomic E-state index is 14.9. The Labute approximate surface area is 227 Å². The number of fused-ring (bicyclic) bond motifs is 5. The first-order valence-corrected chi connectivity index (χ1v) is 13.3. The lowest BCUT2D eigenvalue weighted by Gasteiger charge is -2.31. The number of amides is 1. The SMILES string of the molecule is CC[C@@]1(O)C(=O)OCc2c1cc1n(c2=O)Cc2c-1nc1cc(F)c(Cl)c3c1c2C(NC(=O)COC(C)C)CC3. The summed E-state index contributed by atoms with van der Waals surface area (Å²) < 4.78 is 27.0. The fourth-order valence-electron chi connectivity index (χ4n) is 5.98. The van der Waals surface area contributed by atoms with Crippen molar-refractivity contribution in [2.75, 3.05) is 6.61 Å². The molecule has 3 aliphatic rings. The number of carbonyl (C=O) groups excluding carboxylic acids is 2. The molecule has 6 rings (SSSR count). The van der Waals surface area contributed by atoms with Gasteiger partial charge in [0.05, 0.1) is 46.2 Å². The molecule has 1 unspecified atom stereocenters. The first-order valence-electron chi connectivity index (χ1n) is 13.0. The van der Waals surface area contributed by atoms with Crippen LogP contribution in [-0.4, -0.2) is 39.2 Å². The Morgan fingerprint density at radius 2 is 2.10 bits per heavy atom. The molecule has 0 bridgehead atoms. The van der Waals surface area contributed by atoms with Gasteiger partial charge >= 0.3 is 5.97 Å². The summed E-state index contributed by atoms with van der Waals surface area (Å²) >= 11 is 6.39. The molecule has 0 radical (unpaired) electrons. The van der Waals surface area contributed by atoms with Gasteiger partial charge in [-0.1, -0.05) is 18.5 Å². The van der Waals surface area contributed by atoms with Crippen molar-refractivity contribution in [1.82, 2.24) is 14.9 Å². The standard InChI is InChI=1S/C28H27ClFN3O6/c1-4-28(37)16-7-20-25-14(9-33(20)26(35)15(16)10-39-27(28)36)23-18(31-21(34)11-38-12(2)3)6-5-13-22(23)19(32-25)8-17(30)24(13)29/h7-8,12,18,37H,4-6,9-11H2,1-3H3,(H,31,34)/t18?,28-/m0/s1. The number of benzene rings is 1. The van der Waals surface area contributed by atoms with Crippen LogP contribution >= 0.6 is 11.6 Å². The summed E-state index contributed by atoms with van der Waals surface area (Å²) in [5, 5.41) is 14.9. The number of rotatable bonds is 5. The first-order chi connectivity index (χ1) is 18.5. The van der Waals surface area contributed by atoms with Crippen molar-refractivity contribution in [3.05, 3.63) is 61.1 Å². The molecule has 2 aromatic heterocycles. The molecule has 39 heavy (non-hydrogen) atoms. The highest BCUT2D eigenvalue weighted by atomic mass is 35.5. The van der Waals surface area contributed by atoms with Gasteiger partial charge in [0, 0.05) is 22.6 Å². The van der Waals surface area contributed by atoms with Crippen LogP contribution in [0.2, 0.25) is 5.02 Å². The second-order valence-corrected chi connectivity index (χ2v) is 10.9. The van der Waals surface area contributed by atoms with Crippen LogP contribution in [0.15, 0.2) is 16.9 Å². The van der Waals surface area contributed by atoms with Crippen molar-refractivity contribution in [1.29, 1.82) is 0 Å². The summed E-state index contributed by atoms with van der Waals surface area (Å²) in [4.78, 5) is 43.7. The molecule has 2 atom stereocenters. The number of aryl methyl sites for hydroxylation is 1. The van der Waals surface area contributed by atoms with Crippen LogP contribution < -0.4 is 10.9 Å². The molecule has 204 valence electrons. The Morgan fingerprint density at radius 1 is 1.33 bits per heavy atom. The van der Waals surface area contributed by atoms with E-state index in [1.807, 2.05) is 13.8 Å². The lowest BCUT2D eigenvalue weighted by atomic mass is 9.83. The molecule has 2 aliphatic heterocycles. The van der Waals surface area contributed by atoms with E-state index in [1.165, 1.54) is 10.6 Å². The number of ether oxygens (including phenoxy) is 2. The summed E-state index contributed by atoms with van der Waals surface area (Å²) in [6.45, 7) is 5.11. The van der Waals surface area contributed by atoms with E-state index in [0.717, 1.165) is 5.56 Å². The Morgan fingerprint density at radius 3 is 2.82 bits per heavy atom. The van der Waals surface area contributed by atoms with Gasteiger partial charge in [-0.25, -0.2) is 14.2 Å². The molecule has 0 saturated heterocycles. The Balaban J connectivity index is 1.57. The van der Waals surface area contributed by atoms with Crippen molar-refractivity contribution in [2.45, 2.75) is 70.9 Å². The van der Waals surface area contributed by atoms with E-state index in [-0.39, 0.29) is 54.3 Å². The Hall–Kier alpha value is -3.34. The number of nitrogens with one attached hydrogen (secondary N) is 1. The number of carbonyl (C=O) groups is 2. The van der Waals surface area contributed by atoms with Crippen LogP contribution in [0.25, 0.3) is 22.3 Å². The lowest BCUT2D eigenvalue weighted by molar-refractivity contribution is -0.172. The molecule has 3 aromatic rings. The minimum Gasteiger partial charge on any atom is -0.458 e. The fourth-order valence-corrected chi connectivity index (χ4v) is 6.22. The topological polar surface area (TPSA) is 120 Å². The van der Waals surface area contributed by atoms with Crippen molar-refractivity contribution in [3.63, 3.8) is 0 Å². The monoisotopic (exact) mass is 555 g/mol. The molecule has 1 amide bonds. The van der Waals surface area contributed by atoms with Gasteiger partial charge in [-0.3, -0.25) is 9.59 Å². The van der Waals surface area contributed by atoms with Gasteiger partial charge in [0.2, 0.25) is 5.91 Å². The molecule has 1 aromatic carbocycles. The molecule has 0 saturated carbocycles. The molecule has 9 nitrogen and oxygen atoms in total. The third-order valence-electron chi connectivity index (χ3n) is 7.92. The zero-order chi connectivity index (χ0) is 27.8. The van der Waals surface area contributed by atoms with E-state index in [0.29, 0.717) is 46.3 Å². The van der Waals surface area contributed by atoms with Gasteiger partial charge < -0.3 is 24.5 Å². The number of halogens is 2. The van der Waals surface area contributed by atoms with Crippen LogP contribution in [0.1, 0.15) is 67.5 Å². The van der Waals surface area contributed by atoms with Gasteiger partial charge in [-0.15, -0.1) is 0 Å². The smallest absolute Gasteiger partial charge is 0.343 e. The second-order valence-electron chi connectivity index (χ2n) is 10.5. The number of aliphatic hydroxyl groups is 1. The van der Waals surface area contributed by atoms with E-state index >= 15 is 0 Å². The van der Waals surface area contributed by atoms with Gasteiger partial charge in [-0.2, -0.15) is 0 Å². The zero-order valence-electron chi connectivity index (χ0n) is 21.7. The summed E-state index contributed by atoms with van der Waals surface area (Å²) in [7, 11) is 0. The van der Waals surface area contributed by atoms with Crippen LogP contribution in [0.4, 0.5) is 4.39 Å². The van der Waals surface area contributed by atoms with Crippen LogP contribution in [0, 0.1) is 5.82 Å². The number of aromatic nitrogens is 2. The predicted octanol–water partition coefficient (Wildman–Crippen LogP) is 3.40. The summed E-state index contributed by atoms with van der Waals surface area (Å²) in [6.07, 6.45) is 0.798. The van der Waals surface area contributed by atoms with Crippen LogP contribution in [-0.2, 0) is 44.2 Å². The number of hydrogen-bond donors (Lipinski definition) is 2. The van der Waals surface area contributed by atoms with Crippen molar-refractivity contribution in [2.24, 2.45) is 0 Å². The summed E-state index contributed by atoms with van der Waals surface area (Å²) in [5.41, 5.74) is 1.27. The zero-order valence-corrected chi connectivity index (χ0v) is 22.4. The number of nitrogens with zero attached hydrogens (tertiary/aromatic N) is 2. The third-order valence-corrected chi connectivity index (χ3v) is 8.33. The minimum absolute atomic E-state index is 0.0185. The normalized spacial score (nSPS) is 21.0. The second kappa shape index (κ2) is 9.11. The number of pyridine rings is 2. The molecule has 11 heteroatoms. The van der Waals surface area contributed by atoms with Crippen molar-refractivity contribution < 1.29 is 28.6 Å². The maximum atomic E-state index is 14.9. The van der Waals surface area contributed by atoms with Crippen LogP contribution in [0.5, 0.6) is 0 Å². The number of esters is 1. The maximum Gasteiger partial charge on any atom is 0.343 e. The van der Waals surface area contributed by atoms with E-state index in [9.17, 15) is 23.9 Å². The molecule has 0 spiro atoms. The van der Waals surface area contributed by atoms with Crippen molar-refractivity contribution >= 4 is 34.4 Å². The fraction of sp³-hybridized carbons (Fsp3) is 0.429. The molecule has 4 heterocycles. The highest BCUT2D eigenvalue weighted by molar-refractivity contribution is 6.32. The van der Waals surface area contributed by atoms with E-state index in [4.69, 9.17) is 26.1 Å². The van der Waals surface area contributed by atoms with Gasteiger partial charge in [-0.05, 0) is 50.3 Å². The average molecular weight is 556 g/mol. The van der Waals surface area contributed by atoms with E-state index in [2.05, 4.69) is 5.32 Å². The Bertz CT molecular complexity index is 1650. The number of cyclic esters (lactones) is 1. The van der Waals surface area contributed by atoms with Gasteiger partial charge in [0.15, 0.2) is 5.60 Å². The molecular weight excluding hydrogens is 529 g/mol. The van der Waals surface area contributed by atoms with Crippen molar-refractivity contribution in [3.8, 4) is 11.4 Å². The van der Waals surface area contributed by atoms with E-state index in [1.54, 1.807) is 13.0 Å². The molecular formula is C28H27ClFN3O6. The highest BCUT2D eigenvalue weighted by Gasteiger charge is 2.46. The predicted molar refractivity (Wildman–Crippen MR) is 140 cm³/mol. The summed E-state index contributed by atoms with van der Waals surface area (Å²) in [5.74, 6) is -1.71. The van der Waals surface area contributed by atoms with Crippen LogP contribution in [0.3, 0.4) is 0 Å². The minimum atomic E-state index is -1.96. The number of hydrogen-bond acceptors (Lipinski definition) is 7. The summed E-state index contributed by atoms with van der Waals surface area (Å²) in [6, 6.07) is 2.42. The van der Waals surface area contributed by atoms with E-state index < -0.39 is 29.0 Å². The van der Waals surface area contributed by atoms with Gasteiger partial charge in [0.25, 0.3) is 5.56 Å². The average Bonchev–Trinajstić information content (AvgIpc) is 3.27. The lowest BCUT2D eigenvalue weighted by Crippen LogP contribution is -2.44. The Kier molecular flexibility index (Phi) is 6.05. The highest BCUT2D eigenvalue weighted by Crippen LogP contribution is 2.46. The largest absolute Gasteiger partial charge is 0.458 e. The quantitative estimate of drug-likeness (QED) is 0.362. The molecule has 0 fully saturated rings. The third kappa shape index (κ3) is 3.80. The molecule has 1 aliphatic carbocycles. The first kappa shape index (κ1) is 25.9. The molecule has 2 N–H and O–H groups in total.